The van der Waals surface area contributed by atoms with Gasteiger partial charge in [0.15, 0.2) is 0 Å². The first kappa shape index (κ1) is 15.0. The van der Waals surface area contributed by atoms with Crippen molar-refractivity contribution in [3.63, 3.8) is 0 Å². The van der Waals surface area contributed by atoms with Crippen molar-refractivity contribution in [1.82, 2.24) is 4.90 Å². The minimum Gasteiger partial charge on any atom is -0.369 e. The fourth-order valence-corrected chi connectivity index (χ4v) is 2.47. The van der Waals surface area contributed by atoms with Crippen LogP contribution in [0, 0.1) is 11.8 Å². The van der Waals surface area contributed by atoms with Crippen LogP contribution in [0.4, 0.5) is 0 Å². The molecular weight excluding hydrogens is 230 g/mol. The van der Waals surface area contributed by atoms with E-state index in [1.54, 1.807) is 4.90 Å². The van der Waals surface area contributed by atoms with Gasteiger partial charge < -0.3 is 16.4 Å². The quantitative estimate of drug-likeness (QED) is 0.765. The summed E-state index contributed by atoms with van der Waals surface area (Å²) in [6.07, 6.45) is 2.25. The largest absolute Gasteiger partial charge is 0.369 e. The molecule has 1 saturated heterocycles. The monoisotopic (exact) mass is 255 g/mol. The molecule has 0 aromatic carbocycles. The molecule has 1 rings (SSSR count). The lowest BCUT2D eigenvalue weighted by atomic mass is 9.91. The minimum absolute atomic E-state index is 0.0536. The molecule has 104 valence electrons. The number of piperidine rings is 1. The molecule has 1 aliphatic heterocycles. The summed E-state index contributed by atoms with van der Waals surface area (Å²) in [5.41, 5.74) is 11.2. The van der Waals surface area contributed by atoms with Gasteiger partial charge in [0.25, 0.3) is 0 Å². The van der Waals surface area contributed by atoms with E-state index < -0.39 is 6.04 Å². The molecular formula is C13H25N3O2. The molecule has 1 fully saturated rings. The number of nitrogens with zero attached hydrogens (tertiary/aromatic N) is 1. The third-order valence-corrected chi connectivity index (χ3v) is 3.61. The number of primary amides is 1. The molecule has 4 N–H and O–H groups in total. The van der Waals surface area contributed by atoms with E-state index in [1.807, 2.05) is 20.8 Å². The van der Waals surface area contributed by atoms with E-state index in [0.717, 1.165) is 12.8 Å². The Kier molecular flexibility index (Phi) is 5.14. The Morgan fingerprint density at radius 3 is 2.44 bits per heavy atom. The number of carbonyl (C=O) groups is 2. The second kappa shape index (κ2) is 6.18. The van der Waals surface area contributed by atoms with E-state index in [1.165, 1.54) is 0 Å². The summed E-state index contributed by atoms with van der Waals surface area (Å²) in [6.45, 7) is 6.50. The Bertz CT molecular complexity index is 317. The van der Waals surface area contributed by atoms with E-state index in [2.05, 4.69) is 0 Å². The van der Waals surface area contributed by atoms with Gasteiger partial charge in [0.1, 0.15) is 0 Å². The van der Waals surface area contributed by atoms with Gasteiger partial charge in [0.05, 0.1) is 12.0 Å². The molecule has 5 heteroatoms. The van der Waals surface area contributed by atoms with Gasteiger partial charge in [0.2, 0.25) is 11.8 Å². The van der Waals surface area contributed by atoms with Crippen LogP contribution in [0.5, 0.6) is 0 Å². The maximum Gasteiger partial charge on any atom is 0.239 e. The zero-order valence-electron chi connectivity index (χ0n) is 11.6. The Labute approximate surface area is 109 Å². The van der Waals surface area contributed by atoms with Crippen LogP contribution in [-0.4, -0.2) is 35.3 Å². The van der Waals surface area contributed by atoms with E-state index in [0.29, 0.717) is 18.9 Å². The fraction of sp³-hybridized carbons (Fsp3) is 0.846. The Balaban J connectivity index is 2.67. The van der Waals surface area contributed by atoms with Gasteiger partial charge in [-0.2, -0.15) is 0 Å². The zero-order valence-corrected chi connectivity index (χ0v) is 11.6. The Hall–Kier alpha value is -1.10. The number of rotatable bonds is 4. The zero-order chi connectivity index (χ0) is 13.9. The normalized spacial score (nSPS) is 26.2. The first-order chi connectivity index (χ1) is 8.32. The van der Waals surface area contributed by atoms with E-state index in [-0.39, 0.29) is 23.8 Å². The average molecular weight is 255 g/mol. The van der Waals surface area contributed by atoms with Crippen molar-refractivity contribution >= 4 is 11.8 Å². The SMILES string of the molecule is CC(C)C[C@@H](N)C(=O)N1CC(C(N)=O)CCC1C. The van der Waals surface area contributed by atoms with Crippen LogP contribution in [0.3, 0.4) is 0 Å². The van der Waals surface area contributed by atoms with Crippen molar-refractivity contribution in [3.05, 3.63) is 0 Å². The van der Waals surface area contributed by atoms with E-state index in [4.69, 9.17) is 11.5 Å². The van der Waals surface area contributed by atoms with Crippen molar-refractivity contribution in [2.24, 2.45) is 23.3 Å². The lowest BCUT2D eigenvalue weighted by molar-refractivity contribution is -0.139. The summed E-state index contributed by atoms with van der Waals surface area (Å²) >= 11 is 0. The second-order valence-corrected chi connectivity index (χ2v) is 5.75. The molecule has 0 aliphatic carbocycles. The first-order valence-corrected chi connectivity index (χ1v) is 6.68. The molecule has 2 unspecified atom stereocenters. The van der Waals surface area contributed by atoms with Gasteiger partial charge in [-0.1, -0.05) is 13.8 Å². The highest BCUT2D eigenvalue weighted by molar-refractivity contribution is 5.83. The standard InChI is InChI=1S/C13H25N3O2/c1-8(2)6-11(14)13(18)16-7-10(12(15)17)5-4-9(16)3/h8-11H,4-7,14H2,1-3H3,(H2,15,17)/t9?,10?,11-/m1/s1. The van der Waals surface area contributed by atoms with Crippen LogP contribution in [-0.2, 0) is 9.59 Å². The Morgan fingerprint density at radius 2 is 1.94 bits per heavy atom. The topological polar surface area (TPSA) is 89.4 Å². The van der Waals surface area contributed by atoms with Crippen LogP contribution in [0.1, 0.15) is 40.0 Å². The van der Waals surface area contributed by atoms with Crippen molar-refractivity contribution in [3.8, 4) is 0 Å². The van der Waals surface area contributed by atoms with Gasteiger partial charge in [-0.05, 0) is 32.1 Å². The number of hydrogen-bond donors (Lipinski definition) is 2. The van der Waals surface area contributed by atoms with Crippen molar-refractivity contribution < 1.29 is 9.59 Å². The van der Waals surface area contributed by atoms with Crippen molar-refractivity contribution in [1.29, 1.82) is 0 Å². The highest BCUT2D eigenvalue weighted by atomic mass is 16.2. The summed E-state index contributed by atoms with van der Waals surface area (Å²) in [6, 6.07) is -0.328. The van der Waals surface area contributed by atoms with Gasteiger partial charge in [-0.3, -0.25) is 9.59 Å². The minimum atomic E-state index is -0.473. The fourth-order valence-electron chi connectivity index (χ4n) is 2.47. The van der Waals surface area contributed by atoms with Crippen LogP contribution in [0.15, 0.2) is 0 Å². The molecule has 0 radical (unpaired) electrons. The van der Waals surface area contributed by atoms with Crippen molar-refractivity contribution in [2.45, 2.75) is 52.1 Å². The molecule has 0 aromatic heterocycles. The third kappa shape index (κ3) is 3.70. The van der Waals surface area contributed by atoms with Crippen LogP contribution in [0.2, 0.25) is 0 Å². The highest BCUT2D eigenvalue weighted by Gasteiger charge is 2.33. The smallest absolute Gasteiger partial charge is 0.239 e. The lowest BCUT2D eigenvalue weighted by Gasteiger charge is -2.38. The summed E-state index contributed by atoms with van der Waals surface area (Å²) in [5, 5.41) is 0. The van der Waals surface area contributed by atoms with Gasteiger partial charge in [0, 0.05) is 12.6 Å². The van der Waals surface area contributed by atoms with Gasteiger partial charge >= 0.3 is 0 Å². The summed E-state index contributed by atoms with van der Waals surface area (Å²) in [5.74, 6) is -0.216. The van der Waals surface area contributed by atoms with E-state index in [9.17, 15) is 9.59 Å². The molecule has 0 bridgehead atoms. The molecule has 2 amide bonds. The molecule has 0 saturated carbocycles. The number of hydrogen-bond acceptors (Lipinski definition) is 3. The van der Waals surface area contributed by atoms with Crippen molar-refractivity contribution in [2.75, 3.05) is 6.54 Å². The predicted octanol–water partition coefficient (Wildman–Crippen LogP) is 0.472. The van der Waals surface area contributed by atoms with Gasteiger partial charge in [-0.15, -0.1) is 0 Å². The average Bonchev–Trinajstić information content (AvgIpc) is 2.27. The molecule has 5 nitrogen and oxygen atoms in total. The number of carbonyl (C=O) groups excluding carboxylic acids is 2. The molecule has 0 aromatic rings. The van der Waals surface area contributed by atoms with Crippen LogP contribution >= 0.6 is 0 Å². The maximum absolute atomic E-state index is 12.3. The highest BCUT2D eigenvalue weighted by Crippen LogP contribution is 2.22. The molecule has 1 aliphatic rings. The van der Waals surface area contributed by atoms with Gasteiger partial charge in [-0.25, -0.2) is 0 Å². The van der Waals surface area contributed by atoms with Crippen LogP contribution in [0.25, 0.3) is 0 Å². The summed E-state index contributed by atoms with van der Waals surface area (Å²) in [7, 11) is 0. The molecule has 0 spiro atoms. The molecule has 3 atom stereocenters. The molecule has 1 heterocycles. The third-order valence-electron chi connectivity index (χ3n) is 3.61. The van der Waals surface area contributed by atoms with Crippen LogP contribution < -0.4 is 11.5 Å². The predicted molar refractivity (Wildman–Crippen MR) is 70.5 cm³/mol. The Morgan fingerprint density at radius 1 is 1.33 bits per heavy atom. The lowest BCUT2D eigenvalue weighted by Crippen LogP contribution is -2.53. The maximum atomic E-state index is 12.3. The molecule has 18 heavy (non-hydrogen) atoms. The van der Waals surface area contributed by atoms with E-state index >= 15 is 0 Å². The number of likely N-dealkylation sites (tertiary alicyclic amines) is 1. The summed E-state index contributed by atoms with van der Waals surface area (Å²) in [4.78, 5) is 25.2. The summed E-state index contributed by atoms with van der Waals surface area (Å²) < 4.78 is 0. The number of amides is 2. The first-order valence-electron chi connectivity index (χ1n) is 6.68. The second-order valence-electron chi connectivity index (χ2n) is 5.75. The number of nitrogens with two attached hydrogens (primary N) is 2.